The zero-order valence-electron chi connectivity index (χ0n) is 18.5. The van der Waals surface area contributed by atoms with Crippen LogP contribution in [0.5, 0.6) is 0 Å². The minimum absolute atomic E-state index is 0.136. The Labute approximate surface area is 192 Å². The van der Waals surface area contributed by atoms with E-state index in [4.69, 9.17) is 0 Å². The quantitative estimate of drug-likeness (QED) is 0.594. The second-order valence-electron chi connectivity index (χ2n) is 9.73. The topological polar surface area (TPSA) is 133 Å². The third kappa shape index (κ3) is 4.63. The summed E-state index contributed by atoms with van der Waals surface area (Å²) in [5.74, 6) is 0.231. The largest absolute Gasteiger partial charge is 0.480 e. The second kappa shape index (κ2) is 9.18. The Hall–Kier alpha value is -2.85. The lowest BCUT2D eigenvalue weighted by Gasteiger charge is -2.42. The molecule has 10 heteroatoms. The number of piperidine rings is 1. The highest BCUT2D eigenvalue weighted by atomic mass is 16.4. The zero-order chi connectivity index (χ0) is 22.9. The zero-order valence-corrected chi connectivity index (χ0v) is 18.5. The molecular formula is C23H30N6O4. The van der Waals surface area contributed by atoms with Gasteiger partial charge in [0.15, 0.2) is 0 Å². The van der Waals surface area contributed by atoms with Gasteiger partial charge in [-0.05, 0) is 61.6 Å². The van der Waals surface area contributed by atoms with E-state index in [1.54, 1.807) is 4.80 Å². The molecule has 1 aromatic carbocycles. The predicted molar refractivity (Wildman–Crippen MR) is 118 cm³/mol. The van der Waals surface area contributed by atoms with Crippen molar-refractivity contribution in [1.29, 1.82) is 0 Å². The molecule has 0 bridgehead atoms. The fourth-order valence-electron chi connectivity index (χ4n) is 5.93. The van der Waals surface area contributed by atoms with Gasteiger partial charge >= 0.3 is 11.9 Å². The summed E-state index contributed by atoms with van der Waals surface area (Å²) >= 11 is 0. The van der Waals surface area contributed by atoms with E-state index in [0.29, 0.717) is 49.5 Å². The Balaban J connectivity index is 1.24. The van der Waals surface area contributed by atoms with Gasteiger partial charge in [0.2, 0.25) is 5.82 Å². The minimum Gasteiger partial charge on any atom is -0.480 e. The van der Waals surface area contributed by atoms with Crippen molar-refractivity contribution in [2.75, 3.05) is 19.6 Å². The highest BCUT2D eigenvalue weighted by Gasteiger charge is 2.42. The molecule has 1 aromatic heterocycles. The van der Waals surface area contributed by atoms with Crippen LogP contribution in [0.2, 0.25) is 0 Å². The second-order valence-corrected chi connectivity index (χ2v) is 9.73. The number of rotatable bonds is 6. The highest BCUT2D eigenvalue weighted by molar-refractivity contribution is 5.74. The fourth-order valence-corrected chi connectivity index (χ4v) is 5.93. The number of likely N-dealkylation sites (tertiary alicyclic amines) is 1. The summed E-state index contributed by atoms with van der Waals surface area (Å²) in [4.78, 5) is 27.1. The molecule has 2 aromatic rings. The summed E-state index contributed by atoms with van der Waals surface area (Å²) < 4.78 is 0. The highest BCUT2D eigenvalue weighted by Crippen LogP contribution is 2.40. The molecule has 3 aliphatic rings. The number of hydrogen-bond acceptors (Lipinski definition) is 7. The Morgan fingerprint density at radius 3 is 2.61 bits per heavy atom. The molecule has 6 atom stereocenters. The van der Waals surface area contributed by atoms with Crippen LogP contribution in [0.1, 0.15) is 38.1 Å². The van der Waals surface area contributed by atoms with Crippen molar-refractivity contribution in [3.05, 3.63) is 30.3 Å². The number of carboxylic acid groups (broad SMARTS) is 2. The van der Waals surface area contributed by atoms with Crippen molar-refractivity contribution in [2.24, 2.45) is 17.8 Å². The van der Waals surface area contributed by atoms with Crippen LogP contribution >= 0.6 is 0 Å². The SMILES string of the molecule is O=C(O)C1CC2CC(CN3CC(n4nnc(-c5ccccc5)n4)CC3C(=O)O)CCC2CN1. The summed E-state index contributed by atoms with van der Waals surface area (Å²) in [6.45, 7) is 2.05. The van der Waals surface area contributed by atoms with E-state index < -0.39 is 24.0 Å². The van der Waals surface area contributed by atoms with Gasteiger partial charge in [0.05, 0.1) is 6.04 Å². The molecule has 6 unspecified atom stereocenters. The molecule has 176 valence electrons. The number of aromatic nitrogens is 4. The van der Waals surface area contributed by atoms with E-state index in [1.807, 2.05) is 30.3 Å². The summed E-state index contributed by atoms with van der Waals surface area (Å²) in [6, 6.07) is 8.45. The Morgan fingerprint density at radius 1 is 1.03 bits per heavy atom. The van der Waals surface area contributed by atoms with Crippen LogP contribution in [0.15, 0.2) is 30.3 Å². The van der Waals surface area contributed by atoms with Gasteiger partial charge in [-0.1, -0.05) is 30.3 Å². The van der Waals surface area contributed by atoms with E-state index in [2.05, 4.69) is 25.6 Å². The first-order valence-corrected chi connectivity index (χ1v) is 11.8. The molecule has 5 rings (SSSR count). The minimum atomic E-state index is -0.817. The number of hydrogen-bond donors (Lipinski definition) is 3. The number of fused-ring (bicyclic) bond motifs is 1. The molecular weight excluding hydrogens is 424 g/mol. The van der Waals surface area contributed by atoms with E-state index in [-0.39, 0.29) is 6.04 Å². The number of benzene rings is 1. The number of nitrogens with zero attached hydrogens (tertiary/aromatic N) is 5. The first-order valence-electron chi connectivity index (χ1n) is 11.8. The molecule has 10 nitrogen and oxygen atoms in total. The van der Waals surface area contributed by atoms with Crippen LogP contribution in [0.3, 0.4) is 0 Å². The van der Waals surface area contributed by atoms with Gasteiger partial charge in [0.25, 0.3) is 0 Å². The number of carboxylic acids is 2. The summed E-state index contributed by atoms with van der Waals surface area (Å²) in [5.41, 5.74) is 0.881. The van der Waals surface area contributed by atoms with Gasteiger partial charge in [-0.15, -0.1) is 10.2 Å². The average molecular weight is 455 g/mol. The van der Waals surface area contributed by atoms with Gasteiger partial charge in [0, 0.05) is 18.7 Å². The van der Waals surface area contributed by atoms with Crippen LogP contribution in [0, 0.1) is 17.8 Å². The number of nitrogens with one attached hydrogen (secondary N) is 1. The van der Waals surface area contributed by atoms with Crippen molar-refractivity contribution in [1.82, 2.24) is 30.4 Å². The molecule has 0 spiro atoms. The van der Waals surface area contributed by atoms with Crippen molar-refractivity contribution in [3.63, 3.8) is 0 Å². The molecule has 33 heavy (non-hydrogen) atoms. The Morgan fingerprint density at radius 2 is 1.85 bits per heavy atom. The third-order valence-corrected chi connectivity index (χ3v) is 7.66. The lowest BCUT2D eigenvalue weighted by atomic mass is 9.69. The van der Waals surface area contributed by atoms with Gasteiger partial charge < -0.3 is 15.5 Å². The molecule has 3 fully saturated rings. The standard InChI is InChI=1S/C23H30N6O4/c30-22(31)19-9-17-8-14(6-7-16(17)11-24-19)12-28-13-18(10-20(28)23(32)33)29-26-21(25-27-29)15-4-2-1-3-5-15/h1-5,14,16-20,24H,6-13H2,(H,30,31)(H,32,33). The van der Waals surface area contributed by atoms with Crippen molar-refractivity contribution < 1.29 is 19.8 Å². The third-order valence-electron chi connectivity index (χ3n) is 7.66. The van der Waals surface area contributed by atoms with Gasteiger partial charge in [-0.3, -0.25) is 14.5 Å². The number of carbonyl (C=O) groups is 2. The summed E-state index contributed by atoms with van der Waals surface area (Å²) in [5, 5.41) is 35.3. The molecule has 2 saturated heterocycles. The van der Waals surface area contributed by atoms with Crippen LogP contribution < -0.4 is 5.32 Å². The van der Waals surface area contributed by atoms with E-state index in [0.717, 1.165) is 31.4 Å². The molecule has 0 radical (unpaired) electrons. The number of aliphatic carboxylic acids is 2. The molecule has 0 amide bonds. The molecule has 3 N–H and O–H groups in total. The van der Waals surface area contributed by atoms with E-state index in [9.17, 15) is 19.8 Å². The van der Waals surface area contributed by atoms with Crippen molar-refractivity contribution in [2.45, 2.75) is 50.2 Å². The first kappa shape index (κ1) is 22.0. The van der Waals surface area contributed by atoms with Gasteiger partial charge in [0.1, 0.15) is 12.1 Å². The van der Waals surface area contributed by atoms with Crippen molar-refractivity contribution in [3.8, 4) is 11.4 Å². The Bertz CT molecular complexity index is 998. The lowest BCUT2D eigenvalue weighted by Crippen LogP contribution is -2.50. The maximum atomic E-state index is 12.0. The molecule has 2 aliphatic heterocycles. The lowest BCUT2D eigenvalue weighted by molar-refractivity contribution is -0.143. The van der Waals surface area contributed by atoms with Crippen LogP contribution in [0.4, 0.5) is 0 Å². The maximum absolute atomic E-state index is 12.0. The van der Waals surface area contributed by atoms with Crippen LogP contribution in [0.25, 0.3) is 11.4 Å². The first-order chi connectivity index (χ1) is 16.0. The average Bonchev–Trinajstić information content (AvgIpc) is 3.47. The Kier molecular flexibility index (Phi) is 6.11. The van der Waals surface area contributed by atoms with Gasteiger partial charge in [-0.25, -0.2) is 0 Å². The smallest absolute Gasteiger partial charge is 0.321 e. The van der Waals surface area contributed by atoms with Gasteiger partial charge in [-0.2, -0.15) is 4.80 Å². The van der Waals surface area contributed by atoms with Crippen LogP contribution in [-0.2, 0) is 9.59 Å². The normalized spacial score (nSPS) is 32.4. The summed E-state index contributed by atoms with van der Waals surface area (Å²) in [7, 11) is 0. The fraction of sp³-hybridized carbons (Fsp3) is 0.609. The predicted octanol–water partition coefficient (Wildman–Crippen LogP) is 1.52. The van der Waals surface area contributed by atoms with E-state index >= 15 is 0 Å². The molecule has 1 aliphatic carbocycles. The summed E-state index contributed by atoms with van der Waals surface area (Å²) in [6.07, 6.45) is 4.18. The molecule has 3 heterocycles. The van der Waals surface area contributed by atoms with Crippen molar-refractivity contribution >= 4 is 11.9 Å². The monoisotopic (exact) mass is 454 g/mol. The van der Waals surface area contributed by atoms with Crippen LogP contribution in [-0.4, -0.2) is 79.0 Å². The van der Waals surface area contributed by atoms with E-state index in [1.165, 1.54) is 0 Å². The number of tetrazole rings is 1. The maximum Gasteiger partial charge on any atom is 0.321 e. The molecule has 1 saturated carbocycles.